The first-order valence-corrected chi connectivity index (χ1v) is 13.6. The highest BCUT2D eigenvalue weighted by Crippen LogP contribution is 2.39. The quantitative estimate of drug-likeness (QED) is 0.397. The maximum atomic E-state index is 6.70. The number of allylic oxidation sites excluding steroid dienone is 1. The number of nitrogens with one attached hydrogen (secondary N) is 2. The van der Waals surface area contributed by atoms with Gasteiger partial charge in [-0.2, -0.15) is 0 Å². The fraction of sp³-hybridized carbons (Fsp3) is 0.357. The van der Waals surface area contributed by atoms with Gasteiger partial charge in [0, 0.05) is 69.0 Å². The minimum Gasteiger partial charge on any atom is -0.444 e. The van der Waals surface area contributed by atoms with Crippen LogP contribution in [0.5, 0.6) is 10.8 Å². The molecule has 4 heterocycles. The number of piperazine rings is 1. The highest BCUT2D eigenvalue weighted by Gasteiger charge is 2.28. The number of nitrogens with two attached hydrogens (primary N) is 1. The van der Waals surface area contributed by atoms with Crippen LogP contribution < -0.4 is 21.1 Å². The Morgan fingerprint density at radius 1 is 1.16 bits per heavy atom. The number of aryl methyl sites for hydroxylation is 1. The Kier molecular flexibility index (Phi) is 7.85. The zero-order valence-electron chi connectivity index (χ0n) is 21.5. The van der Waals surface area contributed by atoms with Gasteiger partial charge in [-0.1, -0.05) is 48.6 Å². The summed E-state index contributed by atoms with van der Waals surface area (Å²) in [7, 11) is 2.18. The summed E-state index contributed by atoms with van der Waals surface area (Å²) in [6.07, 6.45) is 8.46. The molecule has 1 aromatic carbocycles. The maximum Gasteiger partial charge on any atom is 0.208 e. The van der Waals surface area contributed by atoms with Crippen LogP contribution in [0.15, 0.2) is 72.7 Å². The highest BCUT2D eigenvalue weighted by atomic mass is 32.1. The molecule has 0 amide bonds. The number of hydrogen-bond acceptors (Lipinski definition) is 9. The summed E-state index contributed by atoms with van der Waals surface area (Å²) in [6, 6.07) is 13.9. The minimum absolute atomic E-state index is 0.675. The molecule has 1 fully saturated rings. The molecule has 37 heavy (non-hydrogen) atoms. The van der Waals surface area contributed by atoms with Gasteiger partial charge >= 0.3 is 0 Å². The average Bonchev–Trinajstić information content (AvgIpc) is 3.34. The van der Waals surface area contributed by atoms with Gasteiger partial charge in [-0.05, 0) is 31.7 Å². The van der Waals surface area contributed by atoms with Gasteiger partial charge in [0.2, 0.25) is 5.06 Å². The Bertz CT molecular complexity index is 1250. The van der Waals surface area contributed by atoms with Crippen molar-refractivity contribution < 1.29 is 4.74 Å². The topological polar surface area (TPSA) is 91.6 Å². The molecule has 1 atom stereocenters. The number of dihydropyridines is 1. The summed E-state index contributed by atoms with van der Waals surface area (Å²) in [4.78, 5) is 14.2. The zero-order valence-corrected chi connectivity index (χ0v) is 22.3. The Labute approximate surface area is 222 Å². The second-order valence-electron chi connectivity index (χ2n) is 9.46. The van der Waals surface area contributed by atoms with Gasteiger partial charge < -0.3 is 26.0 Å². The van der Waals surface area contributed by atoms with Gasteiger partial charge in [-0.25, -0.2) is 4.98 Å². The molecule has 3 aromatic rings. The zero-order chi connectivity index (χ0) is 25.7. The van der Waals surface area contributed by atoms with Crippen molar-refractivity contribution in [2.75, 3.05) is 46.3 Å². The molecule has 1 saturated heterocycles. The molecule has 2 aliphatic heterocycles. The van der Waals surface area contributed by atoms with E-state index >= 15 is 0 Å². The molecule has 1 unspecified atom stereocenters. The fourth-order valence-electron chi connectivity index (χ4n) is 4.37. The van der Waals surface area contributed by atoms with E-state index in [4.69, 9.17) is 15.5 Å². The van der Waals surface area contributed by atoms with Crippen LogP contribution in [0.3, 0.4) is 0 Å². The van der Waals surface area contributed by atoms with Gasteiger partial charge in [0.15, 0.2) is 0 Å². The number of benzene rings is 1. The Hall–Kier alpha value is -3.24. The second-order valence-corrected chi connectivity index (χ2v) is 10.5. The van der Waals surface area contributed by atoms with Crippen LogP contribution in [0.25, 0.3) is 11.3 Å². The van der Waals surface area contributed by atoms with Crippen molar-refractivity contribution in [3.05, 3.63) is 83.4 Å². The van der Waals surface area contributed by atoms with Crippen molar-refractivity contribution in [2.24, 2.45) is 5.73 Å². The average molecular weight is 518 g/mol. The molecule has 194 valence electrons. The number of thiazole rings is 1. The summed E-state index contributed by atoms with van der Waals surface area (Å²) < 4.78 is 6.33. The lowest BCUT2D eigenvalue weighted by molar-refractivity contribution is 0.155. The first kappa shape index (κ1) is 25.4. The summed E-state index contributed by atoms with van der Waals surface area (Å²) >= 11 is 1.57. The predicted octanol–water partition coefficient (Wildman–Crippen LogP) is 3.51. The number of nitrogens with zero attached hydrogens (tertiary/aromatic N) is 4. The van der Waals surface area contributed by atoms with Crippen molar-refractivity contribution in [3.63, 3.8) is 0 Å². The van der Waals surface area contributed by atoms with Gasteiger partial charge in [0.05, 0.1) is 10.7 Å². The van der Waals surface area contributed by atoms with Crippen LogP contribution in [-0.4, -0.2) is 66.1 Å². The minimum atomic E-state index is -0.924. The van der Waals surface area contributed by atoms with E-state index < -0.39 is 5.66 Å². The van der Waals surface area contributed by atoms with E-state index in [-0.39, 0.29) is 0 Å². The first-order valence-electron chi connectivity index (χ1n) is 12.8. The molecule has 2 aliphatic rings. The molecule has 0 bridgehead atoms. The van der Waals surface area contributed by atoms with Crippen molar-refractivity contribution in [1.82, 2.24) is 30.4 Å². The van der Waals surface area contributed by atoms with Crippen molar-refractivity contribution in [3.8, 4) is 22.1 Å². The van der Waals surface area contributed by atoms with Crippen LogP contribution >= 0.6 is 11.3 Å². The third-order valence-corrected chi connectivity index (χ3v) is 7.78. The number of ether oxygens (including phenoxy) is 1. The molecule has 9 heteroatoms. The molecule has 5 rings (SSSR count). The first-order chi connectivity index (χ1) is 18.0. The molecule has 4 N–H and O–H groups in total. The van der Waals surface area contributed by atoms with Crippen LogP contribution in [0.1, 0.15) is 17.6 Å². The molecule has 2 aromatic heterocycles. The van der Waals surface area contributed by atoms with E-state index in [1.807, 2.05) is 60.8 Å². The molecule has 0 aliphatic carbocycles. The normalized spacial score (nSPS) is 20.4. The van der Waals surface area contributed by atoms with E-state index in [9.17, 15) is 0 Å². The van der Waals surface area contributed by atoms with Gasteiger partial charge in [-0.3, -0.25) is 9.88 Å². The van der Waals surface area contributed by atoms with Gasteiger partial charge in [0.25, 0.3) is 0 Å². The van der Waals surface area contributed by atoms with Crippen molar-refractivity contribution >= 4 is 11.3 Å². The molecule has 0 radical (unpaired) electrons. The lowest BCUT2D eigenvalue weighted by Crippen LogP contribution is -2.49. The number of aromatic nitrogens is 2. The Morgan fingerprint density at radius 2 is 1.97 bits per heavy atom. The van der Waals surface area contributed by atoms with Crippen LogP contribution in [-0.2, 0) is 12.1 Å². The van der Waals surface area contributed by atoms with Crippen molar-refractivity contribution in [1.29, 1.82) is 0 Å². The monoisotopic (exact) mass is 517 g/mol. The number of likely N-dealkylation sites (N-methyl/N-ethyl adjacent to an activating group) is 1. The van der Waals surface area contributed by atoms with Crippen LogP contribution in [0.4, 0.5) is 0 Å². The number of rotatable bonds is 9. The highest BCUT2D eigenvalue weighted by molar-refractivity contribution is 7.14. The molecular formula is C28H35N7OS. The lowest BCUT2D eigenvalue weighted by Gasteiger charge is -2.33. The number of pyridine rings is 1. The van der Waals surface area contributed by atoms with Gasteiger partial charge in [-0.15, -0.1) is 0 Å². The predicted molar refractivity (Wildman–Crippen MR) is 149 cm³/mol. The largest absolute Gasteiger partial charge is 0.444 e. The maximum absolute atomic E-state index is 6.70. The summed E-state index contributed by atoms with van der Waals surface area (Å²) in [6.45, 7) is 8.52. The van der Waals surface area contributed by atoms with Crippen molar-refractivity contribution in [2.45, 2.75) is 19.0 Å². The number of hydrogen-bond donors (Lipinski definition) is 3. The van der Waals surface area contributed by atoms with E-state index in [1.165, 1.54) is 0 Å². The summed E-state index contributed by atoms with van der Waals surface area (Å²) in [5, 5.41) is 8.61. The Balaban J connectivity index is 1.23. The third kappa shape index (κ3) is 6.19. The third-order valence-electron chi connectivity index (χ3n) is 6.70. The van der Waals surface area contributed by atoms with Crippen LogP contribution in [0.2, 0.25) is 0 Å². The second kappa shape index (κ2) is 11.4. The molecule has 0 spiro atoms. The van der Waals surface area contributed by atoms with E-state index in [1.54, 1.807) is 17.5 Å². The molecule has 8 nitrogen and oxygen atoms in total. The summed E-state index contributed by atoms with van der Waals surface area (Å²) in [5.74, 6) is 0.675. The Morgan fingerprint density at radius 3 is 2.70 bits per heavy atom. The van der Waals surface area contributed by atoms with E-state index in [0.29, 0.717) is 11.4 Å². The molecule has 0 saturated carbocycles. The van der Waals surface area contributed by atoms with Crippen LogP contribution in [0, 0.1) is 0 Å². The van der Waals surface area contributed by atoms with Gasteiger partial charge in [0.1, 0.15) is 17.1 Å². The summed E-state index contributed by atoms with van der Waals surface area (Å²) in [5.41, 5.74) is 9.35. The van der Waals surface area contributed by atoms with E-state index in [2.05, 4.69) is 39.4 Å². The fourth-order valence-corrected chi connectivity index (χ4v) is 5.26. The van der Waals surface area contributed by atoms with E-state index in [0.717, 1.165) is 72.7 Å². The SMILES string of the molecule is CCc1nc(-c2ccccc2)c(Oc2ccnc(C3(N)C=CC(NCCN4CCN(C)CC4)=CN3)c2)s1. The molecular weight excluding hydrogens is 482 g/mol. The standard InChI is InChI=1S/C28H35N7OS/c1-3-25-33-26(21-7-5-4-6-8-21)27(37-25)36-23-10-12-31-24(19-23)28(29)11-9-22(20-32-28)30-13-14-35-17-15-34(2)16-18-35/h4-12,19-20,30,32H,3,13-18,29H2,1-2H3. The smallest absolute Gasteiger partial charge is 0.208 e. The lowest BCUT2D eigenvalue weighted by atomic mass is 10.0.